The molecule has 0 spiro atoms. The number of hydrogen-bond donors (Lipinski definition) is 1. The molecule has 1 saturated heterocycles. The van der Waals surface area contributed by atoms with Crippen molar-refractivity contribution in [2.24, 2.45) is 0 Å². The Morgan fingerprint density at radius 2 is 2.09 bits per heavy atom. The zero-order valence-corrected chi connectivity index (χ0v) is 13.4. The van der Waals surface area contributed by atoms with Crippen molar-refractivity contribution in [2.45, 2.75) is 18.9 Å². The van der Waals surface area contributed by atoms with Crippen LogP contribution in [0.15, 0.2) is 45.5 Å². The number of aromatic nitrogens is 1. The lowest BCUT2D eigenvalue weighted by Crippen LogP contribution is -2.44. The van der Waals surface area contributed by atoms with Crippen LogP contribution in [-0.4, -0.2) is 30.0 Å². The smallest absolute Gasteiger partial charge is 0.298 e. The Labute approximate surface area is 137 Å². The third-order valence-corrected chi connectivity index (χ3v) is 4.85. The molecule has 2 aromatic heterocycles. The monoisotopic (exact) mass is 327 g/mol. The van der Waals surface area contributed by atoms with Gasteiger partial charge in [0, 0.05) is 30.1 Å². The van der Waals surface area contributed by atoms with Gasteiger partial charge in [0.2, 0.25) is 0 Å². The van der Waals surface area contributed by atoms with Crippen LogP contribution in [0.1, 0.15) is 23.2 Å². The number of thiophene rings is 1. The number of amides is 1. The number of nitrogens with zero attached hydrogens (tertiary/aromatic N) is 2. The molecule has 1 amide bonds. The van der Waals surface area contributed by atoms with Crippen LogP contribution in [0.2, 0.25) is 0 Å². The lowest BCUT2D eigenvalue weighted by Gasteiger charge is -2.31. The van der Waals surface area contributed by atoms with E-state index in [1.807, 2.05) is 41.1 Å². The Bertz CT molecular complexity index is 771. The van der Waals surface area contributed by atoms with Crippen LogP contribution in [0.5, 0.6) is 0 Å². The molecule has 0 aliphatic carbocycles. The summed E-state index contributed by atoms with van der Waals surface area (Å²) in [4.78, 5) is 18.8. The van der Waals surface area contributed by atoms with E-state index in [0.29, 0.717) is 6.01 Å². The van der Waals surface area contributed by atoms with Gasteiger partial charge in [-0.3, -0.25) is 4.79 Å². The second-order valence-electron chi connectivity index (χ2n) is 5.71. The summed E-state index contributed by atoms with van der Waals surface area (Å²) >= 11 is 1.54. The average Bonchev–Trinajstić information content (AvgIpc) is 3.25. The summed E-state index contributed by atoms with van der Waals surface area (Å²) in [7, 11) is 0. The summed E-state index contributed by atoms with van der Waals surface area (Å²) in [6.45, 7) is 1.67. The van der Waals surface area contributed by atoms with E-state index in [1.165, 1.54) is 11.3 Å². The molecular weight excluding hydrogens is 310 g/mol. The molecule has 0 saturated carbocycles. The number of para-hydroxylation sites is 2. The minimum absolute atomic E-state index is 0.0200. The maximum absolute atomic E-state index is 12.1. The van der Waals surface area contributed by atoms with E-state index in [-0.39, 0.29) is 11.9 Å². The van der Waals surface area contributed by atoms with Crippen LogP contribution in [0.3, 0.4) is 0 Å². The SMILES string of the molecule is O=C(NC1CCN(c2nc3ccccc3o2)CC1)c1ccsc1. The lowest BCUT2D eigenvalue weighted by molar-refractivity contribution is 0.0931. The van der Waals surface area contributed by atoms with Crippen molar-refractivity contribution in [3.63, 3.8) is 0 Å². The zero-order valence-electron chi connectivity index (χ0n) is 12.6. The second kappa shape index (κ2) is 6.04. The Morgan fingerprint density at radius 1 is 1.26 bits per heavy atom. The molecule has 3 aromatic rings. The fraction of sp³-hybridized carbons (Fsp3) is 0.294. The van der Waals surface area contributed by atoms with Crippen LogP contribution < -0.4 is 10.2 Å². The summed E-state index contributed by atoms with van der Waals surface area (Å²) in [6.07, 6.45) is 1.79. The Morgan fingerprint density at radius 3 is 2.83 bits per heavy atom. The van der Waals surface area contributed by atoms with Crippen molar-refractivity contribution >= 4 is 34.4 Å². The Kier molecular flexibility index (Phi) is 3.75. The summed E-state index contributed by atoms with van der Waals surface area (Å²) < 4.78 is 5.81. The number of rotatable bonds is 3. The highest BCUT2D eigenvalue weighted by atomic mass is 32.1. The molecule has 1 aromatic carbocycles. The normalized spacial score (nSPS) is 15.9. The Hall–Kier alpha value is -2.34. The van der Waals surface area contributed by atoms with E-state index >= 15 is 0 Å². The first-order valence-corrected chi connectivity index (χ1v) is 8.67. The number of oxazole rings is 1. The minimum Gasteiger partial charge on any atom is -0.423 e. The molecule has 1 N–H and O–H groups in total. The first kappa shape index (κ1) is 14.3. The predicted molar refractivity (Wildman–Crippen MR) is 91.0 cm³/mol. The van der Waals surface area contributed by atoms with Gasteiger partial charge in [-0.15, -0.1) is 0 Å². The van der Waals surface area contributed by atoms with Crippen LogP contribution in [0.25, 0.3) is 11.1 Å². The van der Waals surface area contributed by atoms with Crippen LogP contribution in [-0.2, 0) is 0 Å². The molecule has 0 atom stereocenters. The second-order valence-corrected chi connectivity index (χ2v) is 6.49. The lowest BCUT2D eigenvalue weighted by atomic mass is 10.1. The molecule has 118 valence electrons. The molecule has 3 heterocycles. The van der Waals surface area contributed by atoms with Gasteiger partial charge in [-0.2, -0.15) is 16.3 Å². The van der Waals surface area contributed by atoms with Gasteiger partial charge in [-0.05, 0) is 36.4 Å². The van der Waals surface area contributed by atoms with E-state index in [4.69, 9.17) is 4.42 Å². The van der Waals surface area contributed by atoms with Gasteiger partial charge in [0.1, 0.15) is 5.52 Å². The molecule has 6 heteroatoms. The van der Waals surface area contributed by atoms with Crippen LogP contribution in [0.4, 0.5) is 6.01 Å². The fourth-order valence-electron chi connectivity index (χ4n) is 2.87. The van der Waals surface area contributed by atoms with Crippen molar-refractivity contribution in [1.29, 1.82) is 0 Å². The molecule has 5 nitrogen and oxygen atoms in total. The number of carbonyl (C=O) groups is 1. The molecule has 0 radical (unpaired) electrons. The minimum atomic E-state index is 0.0200. The summed E-state index contributed by atoms with van der Waals surface area (Å²) in [5, 5.41) is 6.91. The van der Waals surface area contributed by atoms with Crippen LogP contribution in [0, 0.1) is 0 Å². The van der Waals surface area contributed by atoms with Gasteiger partial charge in [-0.1, -0.05) is 12.1 Å². The largest absolute Gasteiger partial charge is 0.423 e. The highest BCUT2D eigenvalue weighted by Crippen LogP contribution is 2.24. The third-order valence-electron chi connectivity index (χ3n) is 4.17. The molecule has 1 fully saturated rings. The first-order valence-electron chi connectivity index (χ1n) is 7.73. The van der Waals surface area contributed by atoms with Gasteiger partial charge < -0.3 is 14.6 Å². The van der Waals surface area contributed by atoms with E-state index in [2.05, 4.69) is 15.2 Å². The van der Waals surface area contributed by atoms with Gasteiger partial charge >= 0.3 is 0 Å². The van der Waals surface area contributed by atoms with E-state index in [0.717, 1.165) is 42.6 Å². The number of carbonyl (C=O) groups excluding carboxylic acids is 1. The quantitative estimate of drug-likeness (QED) is 0.802. The maximum atomic E-state index is 12.1. The van der Waals surface area contributed by atoms with Crippen LogP contribution >= 0.6 is 11.3 Å². The molecule has 0 bridgehead atoms. The molecular formula is C17H17N3O2S. The zero-order chi connectivity index (χ0) is 15.6. The number of hydrogen-bond acceptors (Lipinski definition) is 5. The highest BCUT2D eigenvalue weighted by molar-refractivity contribution is 7.08. The number of nitrogens with one attached hydrogen (secondary N) is 1. The average molecular weight is 327 g/mol. The van der Waals surface area contributed by atoms with E-state index in [1.54, 1.807) is 0 Å². The maximum Gasteiger partial charge on any atom is 0.298 e. The molecule has 23 heavy (non-hydrogen) atoms. The third kappa shape index (κ3) is 2.94. The molecule has 4 rings (SSSR count). The van der Waals surface area contributed by atoms with Gasteiger partial charge in [0.25, 0.3) is 11.9 Å². The molecule has 0 unspecified atom stereocenters. The van der Waals surface area contributed by atoms with E-state index < -0.39 is 0 Å². The molecule has 1 aliphatic heterocycles. The first-order chi connectivity index (χ1) is 11.3. The fourth-order valence-corrected chi connectivity index (χ4v) is 3.51. The molecule has 1 aliphatic rings. The number of benzene rings is 1. The number of anilines is 1. The summed E-state index contributed by atoms with van der Waals surface area (Å²) in [5.41, 5.74) is 2.45. The van der Waals surface area contributed by atoms with Crippen molar-refractivity contribution in [3.05, 3.63) is 46.7 Å². The van der Waals surface area contributed by atoms with Crippen molar-refractivity contribution in [2.75, 3.05) is 18.0 Å². The van der Waals surface area contributed by atoms with Crippen molar-refractivity contribution in [3.8, 4) is 0 Å². The van der Waals surface area contributed by atoms with Crippen molar-refractivity contribution < 1.29 is 9.21 Å². The van der Waals surface area contributed by atoms with Gasteiger partial charge in [0.05, 0.1) is 0 Å². The summed E-state index contributed by atoms with van der Waals surface area (Å²) in [5.74, 6) is 0.0200. The number of fused-ring (bicyclic) bond motifs is 1. The van der Waals surface area contributed by atoms with E-state index in [9.17, 15) is 4.79 Å². The van der Waals surface area contributed by atoms with Gasteiger partial charge in [0.15, 0.2) is 5.58 Å². The predicted octanol–water partition coefficient (Wildman–Crippen LogP) is 3.29. The van der Waals surface area contributed by atoms with Gasteiger partial charge in [-0.25, -0.2) is 0 Å². The standard InChI is InChI=1S/C17H17N3O2S/c21-16(12-7-10-23-11-12)18-13-5-8-20(9-6-13)17-19-14-3-1-2-4-15(14)22-17/h1-4,7,10-11,13H,5-6,8-9H2,(H,18,21). The number of piperidine rings is 1. The summed E-state index contributed by atoms with van der Waals surface area (Å²) in [6, 6.07) is 10.5. The topological polar surface area (TPSA) is 58.4 Å². The highest BCUT2D eigenvalue weighted by Gasteiger charge is 2.24. The Balaban J connectivity index is 1.38. The van der Waals surface area contributed by atoms with Crippen molar-refractivity contribution in [1.82, 2.24) is 10.3 Å².